The van der Waals surface area contributed by atoms with Crippen molar-refractivity contribution in [1.82, 2.24) is 30.1 Å². The molecule has 1 aliphatic carbocycles. The van der Waals surface area contributed by atoms with Gasteiger partial charge < -0.3 is 4.98 Å². The van der Waals surface area contributed by atoms with Gasteiger partial charge in [-0.25, -0.2) is 4.68 Å². The van der Waals surface area contributed by atoms with Gasteiger partial charge in [-0.15, -0.1) is 5.10 Å². The third-order valence-corrected chi connectivity index (χ3v) is 8.27. The predicted molar refractivity (Wildman–Crippen MR) is 141 cm³/mol. The van der Waals surface area contributed by atoms with E-state index < -0.39 is 0 Å². The van der Waals surface area contributed by atoms with Gasteiger partial charge in [-0.3, -0.25) is 9.69 Å². The van der Waals surface area contributed by atoms with Gasteiger partial charge in [0.05, 0.1) is 6.54 Å². The molecule has 0 bridgehead atoms. The topological polar surface area (TPSA) is 79.7 Å². The third-order valence-electron chi connectivity index (χ3n) is 8.27. The molecule has 2 aliphatic rings. The smallest absolute Gasteiger partial charge is 0.253 e. The van der Waals surface area contributed by atoms with Crippen molar-refractivity contribution in [3.05, 3.63) is 87.5 Å². The van der Waals surface area contributed by atoms with Crippen molar-refractivity contribution in [3.8, 4) is 0 Å². The van der Waals surface area contributed by atoms with E-state index in [1.54, 1.807) is 0 Å². The van der Waals surface area contributed by atoms with Crippen molar-refractivity contribution in [2.24, 2.45) is 5.41 Å². The fourth-order valence-corrected chi connectivity index (χ4v) is 6.50. The summed E-state index contributed by atoms with van der Waals surface area (Å²) in [5.41, 5.74) is 4.17. The molecule has 6 rings (SSSR count). The second-order valence-corrected chi connectivity index (χ2v) is 10.9. The van der Waals surface area contributed by atoms with Crippen LogP contribution in [0.4, 0.5) is 0 Å². The second-order valence-electron chi connectivity index (χ2n) is 10.9. The molecule has 7 heteroatoms. The predicted octanol–water partition coefficient (Wildman–Crippen LogP) is 5.01. The number of nitrogens with one attached hydrogen (secondary N) is 1. The second kappa shape index (κ2) is 9.62. The molecule has 2 aromatic carbocycles. The quantitative estimate of drug-likeness (QED) is 0.433. The molecule has 1 N–H and O–H groups in total. The molecule has 0 amide bonds. The van der Waals surface area contributed by atoms with Gasteiger partial charge in [0.1, 0.15) is 6.04 Å². The minimum absolute atomic E-state index is 0.0612. The SMILES string of the molecule is Cc1ccc2[nH]c(=O)c([C@H](c3nnnn3Cc3ccccc3)N3CCCC4(CCCCC4)C3)cc2c1. The minimum atomic E-state index is -0.295. The number of hydrogen-bond donors (Lipinski definition) is 1. The summed E-state index contributed by atoms with van der Waals surface area (Å²) in [6.45, 7) is 4.58. The molecule has 3 heterocycles. The molecule has 36 heavy (non-hydrogen) atoms. The normalized spacial score (nSPS) is 19.0. The molecule has 0 unspecified atom stereocenters. The van der Waals surface area contributed by atoms with Crippen LogP contribution in [0.5, 0.6) is 0 Å². The monoisotopic (exact) mass is 482 g/mol. The summed E-state index contributed by atoms with van der Waals surface area (Å²) in [4.78, 5) is 19.2. The van der Waals surface area contributed by atoms with Gasteiger partial charge in [-0.2, -0.15) is 0 Å². The van der Waals surface area contributed by atoms with Crippen molar-refractivity contribution in [2.75, 3.05) is 13.1 Å². The zero-order chi connectivity index (χ0) is 24.5. The standard InChI is InChI=1S/C29H34N6O/c1-21-11-12-25-23(17-21)18-24(28(36)30-25)26(34-16-8-15-29(20-34)13-6-3-7-14-29)27-31-32-33-35(27)19-22-9-4-2-5-10-22/h2,4-5,9-12,17-18,26H,3,6-8,13-16,19-20H2,1H3,(H,30,36)/t26-/m1/s1. The van der Waals surface area contributed by atoms with Crippen LogP contribution in [0.2, 0.25) is 0 Å². The number of benzene rings is 2. The number of nitrogens with zero attached hydrogens (tertiary/aromatic N) is 5. The highest BCUT2D eigenvalue weighted by Gasteiger charge is 2.41. The summed E-state index contributed by atoms with van der Waals surface area (Å²) in [5.74, 6) is 0.740. The van der Waals surface area contributed by atoms with Crippen LogP contribution in [0.1, 0.15) is 73.5 Å². The average molecular weight is 483 g/mol. The van der Waals surface area contributed by atoms with Crippen LogP contribution >= 0.6 is 0 Å². The maximum atomic E-state index is 13.6. The van der Waals surface area contributed by atoms with Crippen LogP contribution in [-0.2, 0) is 6.54 Å². The Kier molecular flexibility index (Phi) is 6.17. The number of likely N-dealkylation sites (tertiary alicyclic amines) is 1. The molecule has 1 saturated carbocycles. The van der Waals surface area contributed by atoms with Crippen molar-refractivity contribution in [3.63, 3.8) is 0 Å². The fourth-order valence-electron chi connectivity index (χ4n) is 6.50. The molecule has 4 aromatic rings. The largest absolute Gasteiger partial charge is 0.322 e. The van der Waals surface area contributed by atoms with E-state index in [0.717, 1.165) is 47.4 Å². The van der Waals surface area contributed by atoms with Crippen LogP contribution in [0.25, 0.3) is 10.9 Å². The number of hydrogen-bond acceptors (Lipinski definition) is 5. The van der Waals surface area contributed by atoms with Crippen molar-refractivity contribution in [2.45, 2.75) is 64.5 Å². The Bertz CT molecular complexity index is 1400. The summed E-state index contributed by atoms with van der Waals surface area (Å²) in [5, 5.41) is 14.1. The van der Waals surface area contributed by atoms with Crippen molar-refractivity contribution < 1.29 is 0 Å². The Hall–Kier alpha value is -3.32. The molecule has 2 fully saturated rings. The fraction of sp³-hybridized carbons (Fsp3) is 0.448. The highest BCUT2D eigenvalue weighted by atomic mass is 16.1. The number of rotatable bonds is 5. The first-order valence-corrected chi connectivity index (χ1v) is 13.3. The molecular formula is C29H34N6O. The summed E-state index contributed by atoms with van der Waals surface area (Å²) >= 11 is 0. The van der Waals surface area contributed by atoms with E-state index in [-0.39, 0.29) is 11.6 Å². The maximum absolute atomic E-state index is 13.6. The first kappa shape index (κ1) is 23.1. The van der Waals surface area contributed by atoms with Gasteiger partial charge in [0, 0.05) is 17.6 Å². The lowest BCUT2D eigenvalue weighted by molar-refractivity contribution is 0.0340. The zero-order valence-electron chi connectivity index (χ0n) is 21.0. The van der Waals surface area contributed by atoms with Gasteiger partial charge in [0.15, 0.2) is 5.82 Å². The molecule has 1 aliphatic heterocycles. The summed E-state index contributed by atoms with van der Waals surface area (Å²) < 4.78 is 1.88. The lowest BCUT2D eigenvalue weighted by atomic mass is 9.69. The lowest BCUT2D eigenvalue weighted by Crippen LogP contribution is -2.47. The van der Waals surface area contributed by atoms with Crippen LogP contribution in [0.15, 0.2) is 59.4 Å². The van der Waals surface area contributed by atoms with Crippen LogP contribution < -0.4 is 5.56 Å². The van der Waals surface area contributed by atoms with E-state index in [1.165, 1.54) is 44.1 Å². The van der Waals surface area contributed by atoms with E-state index in [9.17, 15) is 4.79 Å². The first-order valence-electron chi connectivity index (χ1n) is 13.3. The molecular weight excluding hydrogens is 448 g/mol. The van der Waals surface area contributed by atoms with E-state index in [4.69, 9.17) is 0 Å². The Morgan fingerprint density at radius 3 is 2.64 bits per heavy atom. The van der Waals surface area contributed by atoms with Crippen LogP contribution in [0.3, 0.4) is 0 Å². The first-order chi connectivity index (χ1) is 17.6. The highest BCUT2D eigenvalue weighted by molar-refractivity contribution is 5.79. The highest BCUT2D eigenvalue weighted by Crippen LogP contribution is 2.45. The van der Waals surface area contributed by atoms with E-state index in [1.807, 2.05) is 35.0 Å². The minimum Gasteiger partial charge on any atom is -0.322 e. The molecule has 1 spiro atoms. The number of tetrazole rings is 1. The van der Waals surface area contributed by atoms with Crippen molar-refractivity contribution >= 4 is 10.9 Å². The third kappa shape index (κ3) is 4.48. The zero-order valence-corrected chi connectivity index (χ0v) is 21.0. The lowest BCUT2D eigenvalue weighted by Gasteiger charge is -2.47. The molecule has 1 saturated heterocycles. The number of aromatic nitrogens is 5. The van der Waals surface area contributed by atoms with Gasteiger partial charge in [0.2, 0.25) is 0 Å². The Morgan fingerprint density at radius 2 is 1.81 bits per heavy atom. The van der Waals surface area contributed by atoms with E-state index in [2.05, 4.69) is 56.6 Å². The number of H-pyrrole nitrogens is 1. The van der Waals surface area contributed by atoms with E-state index in [0.29, 0.717) is 12.0 Å². The van der Waals surface area contributed by atoms with Gasteiger partial charge >= 0.3 is 0 Å². The number of aromatic amines is 1. The van der Waals surface area contributed by atoms with Crippen molar-refractivity contribution in [1.29, 1.82) is 0 Å². The number of pyridine rings is 1. The summed E-state index contributed by atoms with van der Waals surface area (Å²) in [6, 6.07) is 18.2. The van der Waals surface area contributed by atoms with Gasteiger partial charge in [-0.05, 0) is 84.1 Å². The molecule has 7 nitrogen and oxygen atoms in total. The number of piperidine rings is 1. The Labute approximate surface area is 211 Å². The molecule has 1 atom stereocenters. The number of aryl methyl sites for hydroxylation is 1. The van der Waals surface area contributed by atoms with Gasteiger partial charge in [-0.1, -0.05) is 61.2 Å². The van der Waals surface area contributed by atoms with Gasteiger partial charge in [0.25, 0.3) is 5.56 Å². The van der Waals surface area contributed by atoms with E-state index >= 15 is 0 Å². The summed E-state index contributed by atoms with van der Waals surface area (Å²) in [6.07, 6.45) is 8.92. The Morgan fingerprint density at radius 1 is 1.00 bits per heavy atom. The Balaban J connectivity index is 1.46. The average Bonchev–Trinajstić information content (AvgIpc) is 3.33. The maximum Gasteiger partial charge on any atom is 0.253 e. The van der Waals surface area contributed by atoms with Crippen LogP contribution in [0, 0.1) is 12.3 Å². The molecule has 0 radical (unpaired) electrons. The van der Waals surface area contributed by atoms with Crippen LogP contribution in [-0.4, -0.2) is 43.2 Å². The summed E-state index contributed by atoms with van der Waals surface area (Å²) in [7, 11) is 0. The number of fused-ring (bicyclic) bond motifs is 1. The molecule has 2 aromatic heterocycles. The molecule has 186 valence electrons.